The van der Waals surface area contributed by atoms with Crippen LogP contribution in [0.4, 0.5) is 11.4 Å². The monoisotopic (exact) mass is 635 g/mol. The Morgan fingerprint density at radius 1 is 0.429 bits per heavy atom. The van der Waals surface area contributed by atoms with Crippen molar-refractivity contribution in [2.75, 3.05) is 5.32 Å². The van der Waals surface area contributed by atoms with Crippen LogP contribution in [0.5, 0.6) is 0 Å². The van der Waals surface area contributed by atoms with E-state index >= 15 is 0 Å². The van der Waals surface area contributed by atoms with Crippen LogP contribution in [0.15, 0.2) is 121 Å². The zero-order valence-electron chi connectivity index (χ0n) is 30.0. The van der Waals surface area contributed by atoms with E-state index in [2.05, 4.69) is 182 Å². The molecular weight excluding hydrogens is 591 g/mol. The largest absolute Gasteiger partial charge is 0.355 e. The van der Waals surface area contributed by atoms with Crippen LogP contribution < -0.4 is 5.32 Å². The lowest BCUT2D eigenvalue weighted by molar-refractivity contribution is 0.586. The molecule has 0 aromatic heterocycles. The maximum Gasteiger partial charge on any atom is 0.0726 e. The molecule has 0 amide bonds. The van der Waals surface area contributed by atoms with Crippen molar-refractivity contribution in [3.05, 3.63) is 166 Å². The molecule has 3 aliphatic rings. The van der Waals surface area contributed by atoms with E-state index in [-0.39, 0.29) is 16.2 Å². The summed E-state index contributed by atoms with van der Waals surface area (Å²) in [6.07, 6.45) is 0. The third-order valence-corrected chi connectivity index (χ3v) is 11.8. The van der Waals surface area contributed by atoms with Crippen molar-refractivity contribution in [1.82, 2.24) is 0 Å². The number of anilines is 2. The summed E-state index contributed by atoms with van der Waals surface area (Å²) in [5, 5.41) is 3.97. The number of hydrogen-bond acceptors (Lipinski definition) is 1. The van der Waals surface area contributed by atoms with Gasteiger partial charge < -0.3 is 5.32 Å². The molecule has 6 aromatic carbocycles. The molecule has 1 spiro atoms. The summed E-state index contributed by atoms with van der Waals surface area (Å²) in [5.74, 6) is 0. The molecule has 0 radical (unpaired) electrons. The van der Waals surface area contributed by atoms with Gasteiger partial charge in [0, 0.05) is 22.4 Å². The summed E-state index contributed by atoms with van der Waals surface area (Å²) < 4.78 is 0. The molecule has 0 aliphatic heterocycles. The molecule has 0 fully saturated rings. The highest BCUT2D eigenvalue weighted by Crippen LogP contribution is 2.64. The molecule has 0 saturated carbocycles. The van der Waals surface area contributed by atoms with Gasteiger partial charge in [0.2, 0.25) is 0 Å². The van der Waals surface area contributed by atoms with E-state index in [1.807, 2.05) is 0 Å². The van der Waals surface area contributed by atoms with Crippen LogP contribution in [0.25, 0.3) is 33.4 Å². The van der Waals surface area contributed by atoms with Crippen molar-refractivity contribution < 1.29 is 0 Å². The minimum Gasteiger partial charge on any atom is -0.355 e. The lowest BCUT2D eigenvalue weighted by Crippen LogP contribution is -2.27. The highest BCUT2D eigenvalue weighted by atomic mass is 14.9. The third kappa shape index (κ3) is 4.05. The molecule has 9 rings (SSSR count). The fourth-order valence-electron chi connectivity index (χ4n) is 9.21. The molecule has 242 valence electrons. The normalized spacial score (nSPS) is 15.7. The van der Waals surface area contributed by atoms with Gasteiger partial charge in [0.15, 0.2) is 0 Å². The van der Waals surface area contributed by atoms with E-state index in [0.29, 0.717) is 0 Å². The van der Waals surface area contributed by atoms with Crippen LogP contribution in [-0.2, 0) is 21.7 Å². The van der Waals surface area contributed by atoms with Gasteiger partial charge in [-0.1, -0.05) is 159 Å². The fraction of sp³-hybridized carbons (Fsp3) is 0.250. The zero-order valence-corrected chi connectivity index (χ0v) is 30.0. The minimum atomic E-state index is -0.404. The molecule has 0 atom stereocenters. The Morgan fingerprint density at radius 2 is 0.939 bits per heavy atom. The first-order valence-electron chi connectivity index (χ1n) is 17.9. The molecule has 0 heterocycles. The molecular formula is C48H45N. The molecule has 1 N–H and O–H groups in total. The summed E-state index contributed by atoms with van der Waals surface area (Å²) >= 11 is 0. The van der Waals surface area contributed by atoms with Gasteiger partial charge in [-0.05, 0) is 101 Å². The van der Waals surface area contributed by atoms with Crippen LogP contribution in [-0.4, -0.2) is 0 Å². The number of fused-ring (bicyclic) bond motifs is 13. The Hall–Kier alpha value is -4.88. The summed E-state index contributed by atoms with van der Waals surface area (Å²) in [6, 6.07) is 46.5. The van der Waals surface area contributed by atoms with Crippen molar-refractivity contribution >= 4 is 11.4 Å². The number of nitrogens with one attached hydrogen (secondary N) is 1. The van der Waals surface area contributed by atoms with E-state index in [1.54, 1.807) is 0 Å². The van der Waals surface area contributed by atoms with Gasteiger partial charge in [0.1, 0.15) is 0 Å². The second-order valence-corrected chi connectivity index (χ2v) is 17.1. The summed E-state index contributed by atoms with van der Waals surface area (Å²) in [5.41, 5.74) is 21.0. The van der Waals surface area contributed by atoms with Crippen molar-refractivity contribution in [2.24, 2.45) is 0 Å². The van der Waals surface area contributed by atoms with Gasteiger partial charge >= 0.3 is 0 Å². The molecule has 0 bridgehead atoms. The summed E-state index contributed by atoms with van der Waals surface area (Å²) in [4.78, 5) is 0. The van der Waals surface area contributed by atoms with Crippen molar-refractivity contribution in [2.45, 2.75) is 77.0 Å². The average molecular weight is 636 g/mol. The second kappa shape index (κ2) is 9.85. The van der Waals surface area contributed by atoms with Crippen molar-refractivity contribution in [3.63, 3.8) is 0 Å². The van der Waals surface area contributed by atoms with E-state index < -0.39 is 5.41 Å². The SMILES string of the molecule is CC(C)(C)c1ccc2c(c1)C1(c3cc(C(C)(C)C)ccc3-2)c2ccccc2-c2c(Nc3ccc4c(c3)C(C)(C)c3ccccc3-4)cccc21. The average Bonchev–Trinajstić information content (AvgIpc) is 3.63. The molecule has 6 aromatic rings. The van der Waals surface area contributed by atoms with E-state index in [4.69, 9.17) is 0 Å². The Kier molecular flexibility index (Phi) is 6.07. The third-order valence-electron chi connectivity index (χ3n) is 11.8. The molecule has 3 aliphatic carbocycles. The Morgan fingerprint density at radius 3 is 1.57 bits per heavy atom. The Balaban J connectivity index is 1.28. The standard InChI is InChI=1S/C48H45N/c1-45(2,3)29-20-23-34-35-24-21-30(46(4,5)6)27-42(35)48(41(34)26-29)38-17-12-10-15-36(38)44-39(48)18-13-19-43(44)49-31-22-25-33-32-14-9-11-16-37(32)47(7,8)40(33)28-31/h9-28,49H,1-8H3. The molecule has 0 saturated heterocycles. The Labute approximate surface area is 292 Å². The van der Waals surface area contributed by atoms with Gasteiger partial charge in [0.05, 0.1) is 5.41 Å². The van der Waals surface area contributed by atoms with E-state index in [9.17, 15) is 0 Å². The lowest BCUT2D eigenvalue weighted by Gasteiger charge is -2.33. The highest BCUT2D eigenvalue weighted by Gasteiger charge is 2.52. The predicted molar refractivity (Wildman–Crippen MR) is 207 cm³/mol. The van der Waals surface area contributed by atoms with Gasteiger partial charge in [-0.15, -0.1) is 0 Å². The van der Waals surface area contributed by atoms with Crippen LogP contribution in [0.3, 0.4) is 0 Å². The quantitative estimate of drug-likeness (QED) is 0.199. The first kappa shape index (κ1) is 30.2. The number of hydrogen-bond donors (Lipinski definition) is 1. The smallest absolute Gasteiger partial charge is 0.0726 e. The van der Waals surface area contributed by atoms with Crippen LogP contribution in [0.2, 0.25) is 0 Å². The van der Waals surface area contributed by atoms with Gasteiger partial charge in [-0.25, -0.2) is 0 Å². The number of rotatable bonds is 2. The van der Waals surface area contributed by atoms with Crippen LogP contribution in [0.1, 0.15) is 99.9 Å². The summed E-state index contributed by atoms with van der Waals surface area (Å²) in [7, 11) is 0. The highest BCUT2D eigenvalue weighted by molar-refractivity contribution is 5.99. The van der Waals surface area contributed by atoms with Crippen molar-refractivity contribution in [3.8, 4) is 33.4 Å². The molecule has 1 nitrogen and oxygen atoms in total. The van der Waals surface area contributed by atoms with Crippen LogP contribution in [0, 0.1) is 0 Å². The van der Waals surface area contributed by atoms with Crippen molar-refractivity contribution in [1.29, 1.82) is 0 Å². The summed E-state index contributed by atoms with van der Waals surface area (Å²) in [6.45, 7) is 18.7. The van der Waals surface area contributed by atoms with Crippen LogP contribution >= 0.6 is 0 Å². The first-order valence-corrected chi connectivity index (χ1v) is 17.9. The van der Waals surface area contributed by atoms with E-state index in [1.165, 1.54) is 77.9 Å². The lowest BCUT2D eigenvalue weighted by atomic mass is 9.69. The predicted octanol–water partition coefficient (Wildman–Crippen LogP) is 12.7. The van der Waals surface area contributed by atoms with Gasteiger partial charge in [-0.2, -0.15) is 0 Å². The minimum absolute atomic E-state index is 0.0346. The first-order chi connectivity index (χ1) is 23.3. The fourth-order valence-corrected chi connectivity index (χ4v) is 9.21. The topological polar surface area (TPSA) is 12.0 Å². The maximum atomic E-state index is 3.97. The maximum absolute atomic E-state index is 3.97. The molecule has 0 unspecified atom stereocenters. The van der Waals surface area contributed by atoms with Gasteiger partial charge in [-0.3, -0.25) is 0 Å². The second-order valence-electron chi connectivity index (χ2n) is 17.1. The Bertz CT molecular complexity index is 2290. The van der Waals surface area contributed by atoms with E-state index in [0.717, 1.165) is 11.4 Å². The van der Waals surface area contributed by atoms with Gasteiger partial charge in [0.25, 0.3) is 0 Å². The molecule has 49 heavy (non-hydrogen) atoms. The zero-order chi connectivity index (χ0) is 34.1. The molecule has 1 heteroatoms. The number of benzene rings is 6.